The first-order valence-corrected chi connectivity index (χ1v) is 7.37. The van der Waals surface area contributed by atoms with Crippen LogP contribution >= 0.6 is 0 Å². The molecule has 4 nitrogen and oxygen atoms in total. The Bertz CT molecular complexity index is 393. The highest BCUT2D eigenvalue weighted by atomic mass is 16.3. The van der Waals surface area contributed by atoms with Crippen molar-refractivity contribution in [2.75, 3.05) is 6.54 Å². The number of furan rings is 1. The van der Waals surface area contributed by atoms with Crippen LogP contribution in [0.15, 0.2) is 22.8 Å². The largest absolute Gasteiger partial charge is 0.467 e. The maximum Gasteiger partial charge on any atom is 0.220 e. The molecule has 1 rings (SSSR count). The van der Waals surface area contributed by atoms with Crippen molar-refractivity contribution in [3.05, 3.63) is 24.2 Å². The van der Waals surface area contributed by atoms with Gasteiger partial charge in [0.25, 0.3) is 0 Å². The van der Waals surface area contributed by atoms with E-state index in [1.54, 1.807) is 6.26 Å². The fourth-order valence-electron chi connectivity index (χ4n) is 2.44. The monoisotopic (exact) mass is 280 g/mol. The highest BCUT2D eigenvalue weighted by Crippen LogP contribution is 2.32. The van der Waals surface area contributed by atoms with Gasteiger partial charge in [0.2, 0.25) is 5.91 Å². The Balaban J connectivity index is 2.42. The van der Waals surface area contributed by atoms with Gasteiger partial charge in [0, 0.05) is 6.42 Å². The van der Waals surface area contributed by atoms with Crippen LogP contribution in [0.3, 0.4) is 0 Å². The van der Waals surface area contributed by atoms with Crippen LogP contribution in [0.2, 0.25) is 0 Å². The van der Waals surface area contributed by atoms with Gasteiger partial charge in [-0.2, -0.15) is 0 Å². The molecule has 114 valence electrons. The van der Waals surface area contributed by atoms with Gasteiger partial charge in [-0.1, -0.05) is 20.8 Å². The van der Waals surface area contributed by atoms with Crippen LogP contribution in [-0.2, 0) is 4.79 Å². The summed E-state index contributed by atoms with van der Waals surface area (Å²) < 4.78 is 5.28. The summed E-state index contributed by atoms with van der Waals surface area (Å²) in [4.78, 5) is 12.0. The van der Waals surface area contributed by atoms with Gasteiger partial charge < -0.3 is 15.5 Å². The fraction of sp³-hybridized carbons (Fsp3) is 0.688. The van der Waals surface area contributed by atoms with Gasteiger partial charge in [0.1, 0.15) is 5.76 Å². The van der Waals surface area contributed by atoms with Crippen LogP contribution in [0.1, 0.15) is 58.8 Å². The first-order chi connectivity index (χ1) is 9.34. The molecule has 0 radical (unpaired) electrons. The molecule has 2 atom stereocenters. The molecule has 0 spiro atoms. The second kappa shape index (κ2) is 7.48. The number of hydrogen-bond acceptors (Lipinski definition) is 3. The third-order valence-electron chi connectivity index (χ3n) is 3.81. The summed E-state index contributed by atoms with van der Waals surface area (Å²) in [6.07, 6.45) is 3.99. The van der Waals surface area contributed by atoms with Crippen molar-refractivity contribution in [1.29, 1.82) is 0 Å². The zero-order valence-electron chi connectivity index (χ0n) is 13.1. The minimum absolute atomic E-state index is 0.0696. The zero-order valence-corrected chi connectivity index (χ0v) is 13.1. The molecule has 1 aromatic rings. The van der Waals surface area contributed by atoms with E-state index in [2.05, 4.69) is 26.1 Å². The lowest BCUT2D eigenvalue weighted by Gasteiger charge is -2.30. The van der Waals surface area contributed by atoms with Crippen LogP contribution in [0.4, 0.5) is 0 Å². The van der Waals surface area contributed by atoms with E-state index < -0.39 is 0 Å². The van der Waals surface area contributed by atoms with Crippen LogP contribution in [0, 0.1) is 11.3 Å². The first-order valence-electron chi connectivity index (χ1n) is 7.37. The van der Waals surface area contributed by atoms with Gasteiger partial charge in [0.15, 0.2) is 0 Å². The van der Waals surface area contributed by atoms with Gasteiger partial charge in [0.05, 0.1) is 12.3 Å². The molecule has 1 amide bonds. The molecule has 0 saturated heterocycles. The number of carbonyl (C=O) groups is 1. The third kappa shape index (κ3) is 5.37. The second-order valence-electron chi connectivity index (χ2n) is 6.48. The molecule has 20 heavy (non-hydrogen) atoms. The van der Waals surface area contributed by atoms with Crippen LogP contribution in [0.5, 0.6) is 0 Å². The minimum atomic E-state index is -0.0832. The van der Waals surface area contributed by atoms with E-state index in [0.29, 0.717) is 18.9 Å². The summed E-state index contributed by atoms with van der Waals surface area (Å²) in [7, 11) is 0. The topological polar surface area (TPSA) is 68.3 Å². The summed E-state index contributed by atoms with van der Waals surface area (Å²) in [5, 5.41) is 2.97. The molecule has 1 aromatic heterocycles. The number of nitrogens with one attached hydrogen (secondary N) is 1. The summed E-state index contributed by atoms with van der Waals surface area (Å²) in [5.41, 5.74) is 5.85. The van der Waals surface area contributed by atoms with Crippen molar-refractivity contribution in [3.8, 4) is 0 Å². The molecular weight excluding hydrogens is 252 g/mol. The van der Waals surface area contributed by atoms with Crippen LogP contribution in [0.25, 0.3) is 0 Å². The standard InChI is InChI=1S/C16H28N2O2/c1-12(14-6-5-11-20-14)18-15(19)8-7-13(9-10-17)16(2,3)4/h5-6,11-13H,7-10,17H2,1-4H3,(H,18,19)/t12-,13?/m0/s1. The number of rotatable bonds is 7. The molecule has 0 fully saturated rings. The Hall–Kier alpha value is -1.29. The normalized spacial score (nSPS) is 14.8. The number of nitrogens with two attached hydrogens (primary N) is 1. The van der Waals surface area contributed by atoms with Gasteiger partial charge >= 0.3 is 0 Å². The van der Waals surface area contributed by atoms with Crippen molar-refractivity contribution in [2.24, 2.45) is 17.1 Å². The number of amides is 1. The Labute approximate surface area is 122 Å². The summed E-state index contributed by atoms with van der Waals surface area (Å²) in [6, 6.07) is 3.62. The van der Waals surface area contributed by atoms with Crippen LogP contribution in [-0.4, -0.2) is 12.5 Å². The fourth-order valence-corrected chi connectivity index (χ4v) is 2.44. The number of carbonyl (C=O) groups excluding carboxylic acids is 1. The Kier molecular flexibility index (Phi) is 6.27. The average molecular weight is 280 g/mol. The van der Waals surface area contributed by atoms with Crippen LogP contribution < -0.4 is 11.1 Å². The van der Waals surface area contributed by atoms with E-state index in [-0.39, 0.29) is 17.4 Å². The molecular formula is C16H28N2O2. The molecule has 4 heteroatoms. The van der Waals surface area contributed by atoms with Crippen molar-refractivity contribution in [2.45, 2.75) is 53.0 Å². The van der Waals surface area contributed by atoms with Gasteiger partial charge in [-0.3, -0.25) is 4.79 Å². The van der Waals surface area contributed by atoms with E-state index in [9.17, 15) is 4.79 Å². The van der Waals surface area contributed by atoms with Crippen molar-refractivity contribution in [3.63, 3.8) is 0 Å². The lowest BCUT2D eigenvalue weighted by atomic mass is 9.76. The van der Waals surface area contributed by atoms with Gasteiger partial charge in [-0.25, -0.2) is 0 Å². The quantitative estimate of drug-likeness (QED) is 0.805. The third-order valence-corrected chi connectivity index (χ3v) is 3.81. The highest BCUT2D eigenvalue weighted by molar-refractivity contribution is 5.76. The van der Waals surface area contributed by atoms with E-state index >= 15 is 0 Å². The lowest BCUT2D eigenvalue weighted by molar-refractivity contribution is -0.122. The Morgan fingerprint density at radius 3 is 2.60 bits per heavy atom. The SMILES string of the molecule is C[C@H](NC(=O)CCC(CCN)C(C)(C)C)c1ccco1. The predicted octanol–water partition coefficient (Wildman–Crippen LogP) is 3.25. The van der Waals surface area contributed by atoms with E-state index in [0.717, 1.165) is 18.6 Å². The van der Waals surface area contributed by atoms with E-state index in [4.69, 9.17) is 10.2 Å². The molecule has 3 N–H and O–H groups in total. The smallest absolute Gasteiger partial charge is 0.220 e. The summed E-state index contributed by atoms with van der Waals surface area (Å²) in [5.74, 6) is 1.32. The summed E-state index contributed by atoms with van der Waals surface area (Å²) in [6.45, 7) is 9.22. The maximum atomic E-state index is 12.0. The summed E-state index contributed by atoms with van der Waals surface area (Å²) >= 11 is 0. The van der Waals surface area contributed by atoms with E-state index in [1.165, 1.54) is 0 Å². The second-order valence-corrected chi connectivity index (χ2v) is 6.48. The molecule has 1 unspecified atom stereocenters. The molecule has 0 aromatic carbocycles. The van der Waals surface area contributed by atoms with Gasteiger partial charge in [-0.05, 0) is 49.8 Å². The molecule has 0 aliphatic rings. The van der Waals surface area contributed by atoms with Crippen molar-refractivity contribution in [1.82, 2.24) is 5.32 Å². The molecule has 0 bridgehead atoms. The molecule has 0 aliphatic heterocycles. The Morgan fingerprint density at radius 2 is 2.10 bits per heavy atom. The predicted molar refractivity (Wildman–Crippen MR) is 81.1 cm³/mol. The molecule has 1 heterocycles. The number of hydrogen-bond donors (Lipinski definition) is 2. The average Bonchev–Trinajstić information content (AvgIpc) is 2.86. The van der Waals surface area contributed by atoms with Gasteiger partial charge in [-0.15, -0.1) is 0 Å². The first kappa shape index (κ1) is 16.8. The van der Waals surface area contributed by atoms with Crippen molar-refractivity contribution >= 4 is 5.91 Å². The van der Waals surface area contributed by atoms with Crippen molar-refractivity contribution < 1.29 is 9.21 Å². The zero-order chi connectivity index (χ0) is 15.2. The van der Waals surface area contributed by atoms with E-state index in [1.807, 2.05) is 19.1 Å². The maximum absolute atomic E-state index is 12.0. The molecule has 0 saturated carbocycles. The highest BCUT2D eigenvalue weighted by Gasteiger charge is 2.24. The molecule has 0 aliphatic carbocycles. The minimum Gasteiger partial charge on any atom is -0.467 e. The lowest BCUT2D eigenvalue weighted by Crippen LogP contribution is -2.29. The Morgan fingerprint density at radius 1 is 1.40 bits per heavy atom.